The van der Waals surface area contributed by atoms with Gasteiger partial charge in [0.25, 0.3) is 5.56 Å². The quantitative estimate of drug-likeness (QED) is 0.800. The molecule has 4 heteroatoms. The predicted octanol–water partition coefficient (Wildman–Crippen LogP) is 3.57. The second kappa shape index (κ2) is 6.54. The van der Waals surface area contributed by atoms with Crippen LogP contribution in [0.2, 0.25) is 0 Å². The van der Waals surface area contributed by atoms with E-state index in [1.165, 1.54) is 12.1 Å². The maximum absolute atomic E-state index is 12.4. The van der Waals surface area contributed by atoms with Crippen LogP contribution in [0.4, 0.5) is 0 Å². The first-order chi connectivity index (χ1) is 11.5. The summed E-state index contributed by atoms with van der Waals surface area (Å²) >= 11 is 0. The standard InChI is InChI=1S/C20H17NO3/c1-14-8-10-15(11-9-14)13-21-18(6-3-7-19(21)22)16-4-2-5-17(12-16)20(23)24/h2-12H,13H2,1H3,(H,23,24). The second-order valence-electron chi connectivity index (χ2n) is 5.71. The normalized spacial score (nSPS) is 10.5. The average molecular weight is 319 g/mol. The fourth-order valence-corrected chi connectivity index (χ4v) is 2.62. The number of aryl methyl sites for hydroxylation is 1. The Morgan fingerprint density at radius 2 is 1.71 bits per heavy atom. The molecule has 0 bridgehead atoms. The molecule has 0 aliphatic carbocycles. The van der Waals surface area contributed by atoms with Crippen molar-refractivity contribution >= 4 is 5.97 Å². The van der Waals surface area contributed by atoms with Gasteiger partial charge in [0.05, 0.1) is 17.8 Å². The van der Waals surface area contributed by atoms with Gasteiger partial charge in [0.2, 0.25) is 0 Å². The van der Waals surface area contributed by atoms with Gasteiger partial charge in [-0.2, -0.15) is 0 Å². The first-order valence-corrected chi connectivity index (χ1v) is 7.64. The highest BCUT2D eigenvalue weighted by atomic mass is 16.4. The van der Waals surface area contributed by atoms with E-state index in [2.05, 4.69) is 0 Å². The number of hydrogen-bond acceptors (Lipinski definition) is 2. The minimum atomic E-state index is -0.986. The topological polar surface area (TPSA) is 59.3 Å². The van der Waals surface area contributed by atoms with E-state index in [0.717, 1.165) is 11.1 Å². The summed E-state index contributed by atoms with van der Waals surface area (Å²) in [5, 5.41) is 9.17. The maximum Gasteiger partial charge on any atom is 0.335 e. The number of carbonyl (C=O) groups is 1. The van der Waals surface area contributed by atoms with Crippen LogP contribution >= 0.6 is 0 Å². The third-order valence-corrected chi connectivity index (χ3v) is 3.92. The highest BCUT2D eigenvalue weighted by molar-refractivity contribution is 5.89. The molecule has 0 radical (unpaired) electrons. The van der Waals surface area contributed by atoms with Crippen molar-refractivity contribution in [1.29, 1.82) is 0 Å². The van der Waals surface area contributed by atoms with Crippen LogP contribution in [0.3, 0.4) is 0 Å². The van der Waals surface area contributed by atoms with Crippen LogP contribution in [0.5, 0.6) is 0 Å². The van der Waals surface area contributed by atoms with Crippen LogP contribution in [-0.2, 0) is 6.54 Å². The van der Waals surface area contributed by atoms with Crippen molar-refractivity contribution in [2.24, 2.45) is 0 Å². The molecule has 0 saturated carbocycles. The summed E-state index contributed by atoms with van der Waals surface area (Å²) in [5.74, 6) is -0.986. The average Bonchev–Trinajstić information content (AvgIpc) is 2.58. The second-order valence-corrected chi connectivity index (χ2v) is 5.71. The lowest BCUT2D eigenvalue weighted by molar-refractivity contribution is 0.0697. The fourth-order valence-electron chi connectivity index (χ4n) is 2.62. The van der Waals surface area contributed by atoms with Crippen molar-refractivity contribution in [2.45, 2.75) is 13.5 Å². The molecule has 4 nitrogen and oxygen atoms in total. The Kier molecular flexibility index (Phi) is 4.29. The van der Waals surface area contributed by atoms with Crippen LogP contribution in [-0.4, -0.2) is 15.6 Å². The molecule has 24 heavy (non-hydrogen) atoms. The van der Waals surface area contributed by atoms with Gasteiger partial charge in [0, 0.05) is 6.07 Å². The fraction of sp³-hybridized carbons (Fsp3) is 0.100. The first kappa shape index (κ1) is 15.7. The number of carboxylic acid groups (broad SMARTS) is 1. The minimum Gasteiger partial charge on any atom is -0.478 e. The highest BCUT2D eigenvalue weighted by Crippen LogP contribution is 2.20. The predicted molar refractivity (Wildman–Crippen MR) is 93.4 cm³/mol. The summed E-state index contributed by atoms with van der Waals surface area (Å²) in [5.41, 5.74) is 3.67. The van der Waals surface area contributed by atoms with E-state index in [-0.39, 0.29) is 11.1 Å². The smallest absolute Gasteiger partial charge is 0.335 e. The maximum atomic E-state index is 12.4. The Morgan fingerprint density at radius 1 is 1.00 bits per heavy atom. The zero-order valence-corrected chi connectivity index (χ0v) is 13.3. The van der Waals surface area contributed by atoms with Gasteiger partial charge in [-0.05, 0) is 36.2 Å². The van der Waals surface area contributed by atoms with Gasteiger partial charge in [-0.3, -0.25) is 4.79 Å². The lowest BCUT2D eigenvalue weighted by Crippen LogP contribution is -2.21. The number of rotatable bonds is 4. The molecule has 0 unspecified atom stereocenters. The molecular weight excluding hydrogens is 302 g/mol. The van der Waals surface area contributed by atoms with Gasteiger partial charge in [0.15, 0.2) is 0 Å². The third-order valence-electron chi connectivity index (χ3n) is 3.92. The van der Waals surface area contributed by atoms with E-state index in [4.69, 9.17) is 0 Å². The summed E-state index contributed by atoms with van der Waals surface area (Å²) in [6.45, 7) is 2.45. The van der Waals surface area contributed by atoms with Gasteiger partial charge < -0.3 is 9.67 Å². The summed E-state index contributed by atoms with van der Waals surface area (Å²) in [7, 11) is 0. The van der Waals surface area contributed by atoms with Crippen molar-refractivity contribution in [3.63, 3.8) is 0 Å². The number of benzene rings is 2. The molecule has 0 aliphatic rings. The van der Waals surface area contributed by atoms with Crippen LogP contribution in [0.15, 0.2) is 71.5 Å². The molecule has 1 aromatic heterocycles. The largest absolute Gasteiger partial charge is 0.478 e. The molecule has 1 N–H and O–H groups in total. The lowest BCUT2D eigenvalue weighted by atomic mass is 10.1. The first-order valence-electron chi connectivity index (χ1n) is 7.64. The number of pyridine rings is 1. The van der Waals surface area contributed by atoms with Crippen molar-refractivity contribution < 1.29 is 9.90 Å². The minimum absolute atomic E-state index is 0.117. The van der Waals surface area contributed by atoms with Crippen molar-refractivity contribution in [1.82, 2.24) is 4.57 Å². The zero-order chi connectivity index (χ0) is 17.1. The molecule has 3 aromatic rings. The van der Waals surface area contributed by atoms with E-state index in [9.17, 15) is 14.7 Å². The Bertz CT molecular complexity index is 940. The monoisotopic (exact) mass is 319 g/mol. The molecular formula is C20H17NO3. The van der Waals surface area contributed by atoms with Crippen molar-refractivity contribution in [2.75, 3.05) is 0 Å². The van der Waals surface area contributed by atoms with E-state index < -0.39 is 5.97 Å². The number of nitrogens with zero attached hydrogens (tertiary/aromatic N) is 1. The molecule has 0 saturated heterocycles. The summed E-state index contributed by atoms with van der Waals surface area (Å²) in [6.07, 6.45) is 0. The Hall–Kier alpha value is -3.14. The summed E-state index contributed by atoms with van der Waals surface area (Å²) in [6, 6.07) is 19.7. The van der Waals surface area contributed by atoms with Crippen molar-refractivity contribution in [3.05, 3.63) is 93.8 Å². The van der Waals surface area contributed by atoms with Crippen LogP contribution in [0.1, 0.15) is 21.5 Å². The van der Waals surface area contributed by atoms with Gasteiger partial charge in [-0.15, -0.1) is 0 Å². The van der Waals surface area contributed by atoms with E-state index in [0.29, 0.717) is 17.8 Å². The SMILES string of the molecule is Cc1ccc(Cn2c(-c3cccc(C(=O)O)c3)cccc2=O)cc1. The Morgan fingerprint density at radius 3 is 2.42 bits per heavy atom. The van der Waals surface area contributed by atoms with Gasteiger partial charge in [0.1, 0.15) is 0 Å². The number of aromatic carboxylic acids is 1. The van der Waals surface area contributed by atoms with Crippen LogP contribution < -0.4 is 5.56 Å². The molecule has 3 rings (SSSR count). The number of aromatic nitrogens is 1. The number of hydrogen-bond donors (Lipinski definition) is 1. The molecule has 1 heterocycles. The molecule has 0 fully saturated rings. The highest BCUT2D eigenvalue weighted by Gasteiger charge is 2.10. The van der Waals surface area contributed by atoms with Gasteiger partial charge in [-0.1, -0.05) is 48.0 Å². The van der Waals surface area contributed by atoms with Crippen molar-refractivity contribution in [3.8, 4) is 11.3 Å². The summed E-state index contributed by atoms with van der Waals surface area (Å²) < 4.78 is 1.66. The van der Waals surface area contributed by atoms with E-state index in [1.54, 1.807) is 22.8 Å². The number of carboxylic acids is 1. The molecule has 0 atom stereocenters. The summed E-state index contributed by atoms with van der Waals surface area (Å²) in [4.78, 5) is 23.5. The molecule has 120 valence electrons. The Balaban J connectivity index is 2.08. The third kappa shape index (κ3) is 3.27. The zero-order valence-electron chi connectivity index (χ0n) is 13.3. The molecule has 2 aromatic carbocycles. The molecule has 0 aliphatic heterocycles. The van der Waals surface area contributed by atoms with Gasteiger partial charge in [-0.25, -0.2) is 4.79 Å². The Labute approximate surface area is 139 Å². The van der Waals surface area contributed by atoms with Crippen LogP contribution in [0, 0.1) is 6.92 Å². The van der Waals surface area contributed by atoms with Crippen LogP contribution in [0.25, 0.3) is 11.3 Å². The van der Waals surface area contributed by atoms with Gasteiger partial charge >= 0.3 is 5.97 Å². The van der Waals surface area contributed by atoms with E-state index >= 15 is 0 Å². The molecule has 0 amide bonds. The molecule has 0 spiro atoms. The van der Waals surface area contributed by atoms with E-state index in [1.807, 2.05) is 43.3 Å². The lowest BCUT2D eigenvalue weighted by Gasteiger charge is -2.13.